The number of nitrogens with one attached hydrogen (secondary N) is 2. The van der Waals surface area contributed by atoms with Crippen LogP contribution in [-0.2, 0) is 4.79 Å². The number of H-pyrrole nitrogens is 1. The molecule has 1 aliphatic heterocycles. The molecule has 1 saturated carbocycles. The third kappa shape index (κ3) is 4.44. The largest absolute Gasteiger partial charge is 0.353 e. The van der Waals surface area contributed by atoms with Crippen LogP contribution in [0, 0.1) is 6.92 Å². The normalized spacial score (nSPS) is 21.4. The number of amides is 1. The van der Waals surface area contributed by atoms with E-state index in [2.05, 4.69) is 20.2 Å². The molecule has 1 atom stereocenters. The van der Waals surface area contributed by atoms with Crippen LogP contribution in [0.15, 0.2) is 16.0 Å². The molecular formula is C18H28N4O2S. The number of thioether (sulfide) groups is 1. The van der Waals surface area contributed by atoms with E-state index in [4.69, 9.17) is 0 Å². The fraction of sp³-hybridized carbons (Fsp3) is 0.722. The maximum absolute atomic E-state index is 12.6. The van der Waals surface area contributed by atoms with E-state index >= 15 is 0 Å². The van der Waals surface area contributed by atoms with Crippen molar-refractivity contribution in [2.45, 2.75) is 68.3 Å². The van der Waals surface area contributed by atoms with Gasteiger partial charge in [-0.1, -0.05) is 24.6 Å². The number of aromatic amines is 1. The minimum absolute atomic E-state index is 0.0135. The van der Waals surface area contributed by atoms with Gasteiger partial charge in [-0.3, -0.25) is 14.5 Å². The van der Waals surface area contributed by atoms with Gasteiger partial charge in [0.1, 0.15) is 0 Å². The van der Waals surface area contributed by atoms with E-state index in [9.17, 15) is 9.59 Å². The number of carbonyl (C=O) groups excluding carboxylic acids is 1. The molecule has 0 spiro atoms. The summed E-state index contributed by atoms with van der Waals surface area (Å²) in [6.45, 7) is 6.70. The van der Waals surface area contributed by atoms with E-state index in [1.165, 1.54) is 56.4 Å². The first kappa shape index (κ1) is 18.5. The predicted molar refractivity (Wildman–Crippen MR) is 99.9 cm³/mol. The van der Waals surface area contributed by atoms with Crippen molar-refractivity contribution in [2.24, 2.45) is 0 Å². The Morgan fingerprint density at radius 1 is 1.36 bits per heavy atom. The van der Waals surface area contributed by atoms with Crippen molar-refractivity contribution in [3.63, 3.8) is 0 Å². The van der Waals surface area contributed by atoms with Gasteiger partial charge < -0.3 is 10.3 Å². The maximum Gasteiger partial charge on any atom is 0.251 e. The maximum atomic E-state index is 12.6. The Hall–Kier alpha value is -1.34. The van der Waals surface area contributed by atoms with Crippen molar-refractivity contribution in [2.75, 3.05) is 19.6 Å². The molecular weight excluding hydrogens is 336 g/mol. The Balaban J connectivity index is 1.58. The molecule has 0 bridgehead atoms. The first-order valence-electron chi connectivity index (χ1n) is 9.26. The second kappa shape index (κ2) is 7.91. The first-order chi connectivity index (χ1) is 12.0. The summed E-state index contributed by atoms with van der Waals surface area (Å²) < 4.78 is 0. The van der Waals surface area contributed by atoms with Crippen LogP contribution in [0.2, 0.25) is 0 Å². The molecule has 3 rings (SSSR count). The standard InChI is InChI=1S/C18H28N4O2S/c1-13-11-15(23)21-17(20-13)25-14(2)16(24)19-12-18(7-3-4-8-18)22-9-5-6-10-22/h11,14H,3-10,12H2,1-2H3,(H,19,24)(H,20,21,23)/t14-/m0/s1. The molecule has 1 saturated heterocycles. The average molecular weight is 365 g/mol. The van der Waals surface area contributed by atoms with Gasteiger partial charge in [0, 0.05) is 23.8 Å². The summed E-state index contributed by atoms with van der Waals surface area (Å²) in [5, 5.41) is 3.38. The van der Waals surface area contributed by atoms with Crippen molar-refractivity contribution in [3.8, 4) is 0 Å². The summed E-state index contributed by atoms with van der Waals surface area (Å²) in [6.07, 6.45) is 7.42. The van der Waals surface area contributed by atoms with Gasteiger partial charge in [0.15, 0.2) is 5.16 Å². The minimum atomic E-state index is -0.290. The SMILES string of the molecule is Cc1cc(=O)[nH]c(S[C@@H](C)C(=O)NCC2(N3CCCC3)CCCC2)n1. The highest BCUT2D eigenvalue weighted by Crippen LogP contribution is 2.37. The molecule has 7 heteroatoms. The molecule has 6 nitrogen and oxygen atoms in total. The highest BCUT2D eigenvalue weighted by atomic mass is 32.2. The number of rotatable bonds is 6. The van der Waals surface area contributed by atoms with Crippen molar-refractivity contribution >= 4 is 17.7 Å². The zero-order valence-corrected chi connectivity index (χ0v) is 16.0. The lowest BCUT2D eigenvalue weighted by atomic mass is 9.95. The third-order valence-corrected chi connectivity index (χ3v) is 6.39. The Morgan fingerprint density at radius 2 is 2.04 bits per heavy atom. The first-order valence-corrected chi connectivity index (χ1v) is 10.1. The molecule has 2 aliphatic rings. The van der Waals surface area contributed by atoms with Crippen molar-refractivity contribution in [1.82, 2.24) is 20.2 Å². The summed E-state index contributed by atoms with van der Waals surface area (Å²) in [6, 6.07) is 1.45. The molecule has 2 fully saturated rings. The molecule has 2 N–H and O–H groups in total. The fourth-order valence-corrected chi connectivity index (χ4v) is 4.93. The van der Waals surface area contributed by atoms with Crippen LogP contribution in [-0.4, -0.2) is 51.2 Å². The van der Waals surface area contributed by atoms with Crippen LogP contribution in [0.4, 0.5) is 0 Å². The molecule has 0 radical (unpaired) electrons. The minimum Gasteiger partial charge on any atom is -0.353 e. The smallest absolute Gasteiger partial charge is 0.251 e. The molecule has 2 heterocycles. The van der Waals surface area contributed by atoms with Gasteiger partial charge in [0.2, 0.25) is 5.91 Å². The van der Waals surface area contributed by atoms with Gasteiger partial charge in [0.05, 0.1) is 5.25 Å². The van der Waals surface area contributed by atoms with Gasteiger partial charge in [-0.2, -0.15) is 0 Å². The predicted octanol–water partition coefficient (Wildman–Crippen LogP) is 2.08. The zero-order valence-electron chi connectivity index (χ0n) is 15.1. The number of likely N-dealkylation sites (tertiary alicyclic amines) is 1. The molecule has 0 unspecified atom stereocenters. The van der Waals surface area contributed by atoms with Gasteiger partial charge in [0.25, 0.3) is 5.56 Å². The summed E-state index contributed by atoms with van der Waals surface area (Å²) in [5.74, 6) is 0.0135. The number of carbonyl (C=O) groups is 1. The van der Waals surface area contributed by atoms with Crippen molar-refractivity contribution in [1.29, 1.82) is 0 Å². The third-order valence-electron chi connectivity index (χ3n) is 5.41. The van der Waals surface area contributed by atoms with Crippen LogP contribution in [0.3, 0.4) is 0 Å². The average Bonchev–Trinajstić information content (AvgIpc) is 3.23. The molecule has 1 amide bonds. The Labute approximate surface area is 153 Å². The second-order valence-electron chi connectivity index (χ2n) is 7.30. The van der Waals surface area contributed by atoms with E-state index in [1.54, 1.807) is 6.92 Å². The number of aryl methyl sites for hydroxylation is 1. The number of hydrogen-bond acceptors (Lipinski definition) is 5. The van der Waals surface area contributed by atoms with Crippen LogP contribution < -0.4 is 10.9 Å². The highest BCUT2D eigenvalue weighted by Gasteiger charge is 2.40. The van der Waals surface area contributed by atoms with Gasteiger partial charge in [-0.25, -0.2) is 4.98 Å². The quantitative estimate of drug-likeness (QED) is 0.597. The van der Waals surface area contributed by atoms with E-state index in [-0.39, 0.29) is 22.3 Å². The van der Waals surface area contributed by atoms with E-state index in [0.717, 1.165) is 19.6 Å². The van der Waals surface area contributed by atoms with Gasteiger partial charge >= 0.3 is 0 Å². The summed E-state index contributed by atoms with van der Waals surface area (Å²) >= 11 is 1.30. The van der Waals surface area contributed by atoms with Gasteiger partial charge in [-0.15, -0.1) is 0 Å². The number of aromatic nitrogens is 2. The highest BCUT2D eigenvalue weighted by molar-refractivity contribution is 8.00. The van der Waals surface area contributed by atoms with Crippen LogP contribution in [0.1, 0.15) is 51.1 Å². The van der Waals surface area contributed by atoms with Gasteiger partial charge in [-0.05, 0) is 52.6 Å². The molecule has 0 aromatic carbocycles. The molecule has 1 aromatic rings. The van der Waals surface area contributed by atoms with Crippen molar-refractivity contribution in [3.05, 3.63) is 22.1 Å². The Morgan fingerprint density at radius 3 is 2.68 bits per heavy atom. The van der Waals surface area contributed by atoms with Crippen LogP contribution in [0.25, 0.3) is 0 Å². The van der Waals surface area contributed by atoms with E-state index in [0.29, 0.717) is 10.9 Å². The van der Waals surface area contributed by atoms with E-state index in [1.807, 2.05) is 6.92 Å². The number of hydrogen-bond donors (Lipinski definition) is 2. The van der Waals surface area contributed by atoms with Crippen molar-refractivity contribution < 1.29 is 4.79 Å². The van der Waals surface area contributed by atoms with E-state index < -0.39 is 0 Å². The Bertz CT molecular complexity index is 663. The monoisotopic (exact) mass is 364 g/mol. The number of nitrogens with zero attached hydrogens (tertiary/aromatic N) is 2. The second-order valence-corrected chi connectivity index (χ2v) is 8.62. The molecule has 25 heavy (non-hydrogen) atoms. The summed E-state index contributed by atoms with van der Waals surface area (Å²) in [7, 11) is 0. The lowest BCUT2D eigenvalue weighted by Gasteiger charge is -2.39. The summed E-state index contributed by atoms with van der Waals surface area (Å²) in [5.41, 5.74) is 0.645. The molecule has 138 valence electrons. The lowest BCUT2D eigenvalue weighted by Crippen LogP contribution is -2.53. The van der Waals surface area contributed by atoms with Crippen LogP contribution >= 0.6 is 11.8 Å². The summed E-state index contributed by atoms with van der Waals surface area (Å²) in [4.78, 5) is 33.7. The molecule has 1 aromatic heterocycles. The topological polar surface area (TPSA) is 78.1 Å². The Kier molecular flexibility index (Phi) is 5.84. The molecule has 1 aliphatic carbocycles. The zero-order chi connectivity index (χ0) is 17.9. The van der Waals surface area contributed by atoms with Crippen LogP contribution in [0.5, 0.6) is 0 Å². The lowest BCUT2D eigenvalue weighted by molar-refractivity contribution is -0.121. The fourth-order valence-electron chi connectivity index (χ4n) is 4.05.